The lowest BCUT2D eigenvalue weighted by Gasteiger charge is -2.00. The van der Waals surface area contributed by atoms with Crippen LogP contribution in [0.15, 0.2) is 0 Å². The SMILES string of the molecule is CCNSCCNC(N)=O. The van der Waals surface area contributed by atoms with E-state index < -0.39 is 6.03 Å². The molecule has 0 unspecified atom stereocenters. The minimum absolute atomic E-state index is 0.461. The van der Waals surface area contributed by atoms with Crippen molar-refractivity contribution in [3.63, 3.8) is 0 Å². The number of nitrogens with two attached hydrogens (primary N) is 1. The summed E-state index contributed by atoms with van der Waals surface area (Å²) in [6, 6.07) is -0.461. The van der Waals surface area contributed by atoms with E-state index in [2.05, 4.69) is 10.0 Å². The number of nitrogens with one attached hydrogen (secondary N) is 2. The maximum absolute atomic E-state index is 10.1. The van der Waals surface area contributed by atoms with Crippen LogP contribution in [-0.2, 0) is 0 Å². The van der Waals surface area contributed by atoms with Gasteiger partial charge in [0.1, 0.15) is 0 Å². The minimum Gasteiger partial charge on any atom is -0.352 e. The first kappa shape index (κ1) is 9.58. The van der Waals surface area contributed by atoms with Gasteiger partial charge < -0.3 is 11.1 Å². The van der Waals surface area contributed by atoms with Crippen molar-refractivity contribution in [1.29, 1.82) is 0 Å². The largest absolute Gasteiger partial charge is 0.352 e. The Labute approximate surface area is 65.1 Å². The number of carbonyl (C=O) groups is 1. The van der Waals surface area contributed by atoms with Crippen molar-refractivity contribution < 1.29 is 4.79 Å². The van der Waals surface area contributed by atoms with Crippen LogP contribution in [0.5, 0.6) is 0 Å². The van der Waals surface area contributed by atoms with E-state index in [0.29, 0.717) is 6.54 Å². The van der Waals surface area contributed by atoms with Gasteiger partial charge in [0.25, 0.3) is 0 Å². The average molecular weight is 163 g/mol. The molecule has 0 aliphatic heterocycles. The zero-order valence-electron chi connectivity index (χ0n) is 6.02. The highest BCUT2D eigenvalue weighted by Crippen LogP contribution is 1.88. The molecular formula is C5H13N3OS. The Bertz CT molecular complexity index is 98.9. The van der Waals surface area contributed by atoms with Crippen LogP contribution in [0.1, 0.15) is 6.92 Å². The van der Waals surface area contributed by atoms with E-state index in [1.807, 2.05) is 6.92 Å². The summed E-state index contributed by atoms with van der Waals surface area (Å²) in [7, 11) is 0. The van der Waals surface area contributed by atoms with Crippen molar-refractivity contribution in [3.05, 3.63) is 0 Å². The normalized spacial score (nSPS) is 9.30. The van der Waals surface area contributed by atoms with Crippen LogP contribution in [0.25, 0.3) is 0 Å². The number of primary amides is 1. The standard InChI is InChI=1S/C5H13N3OS/c1-2-8-10-4-3-7-5(6)9/h8H,2-4H2,1H3,(H3,6,7,9). The van der Waals surface area contributed by atoms with E-state index in [1.165, 1.54) is 0 Å². The molecule has 0 aromatic carbocycles. The van der Waals surface area contributed by atoms with Gasteiger partial charge in [0.2, 0.25) is 0 Å². The molecule has 2 amide bonds. The number of hydrogen-bond acceptors (Lipinski definition) is 3. The summed E-state index contributed by atoms with van der Waals surface area (Å²) in [4.78, 5) is 10.1. The van der Waals surface area contributed by atoms with E-state index in [0.717, 1.165) is 12.3 Å². The van der Waals surface area contributed by atoms with Crippen molar-refractivity contribution in [2.75, 3.05) is 18.8 Å². The van der Waals surface area contributed by atoms with Gasteiger partial charge in [-0.15, -0.1) is 0 Å². The molecule has 0 fully saturated rings. The molecule has 0 radical (unpaired) electrons. The van der Waals surface area contributed by atoms with Crippen LogP contribution in [0.3, 0.4) is 0 Å². The highest BCUT2D eigenvalue weighted by Gasteiger charge is 1.89. The van der Waals surface area contributed by atoms with Crippen molar-refractivity contribution >= 4 is 18.0 Å². The second-order valence-electron chi connectivity index (χ2n) is 1.64. The Morgan fingerprint density at radius 3 is 2.90 bits per heavy atom. The first-order chi connectivity index (χ1) is 4.77. The third kappa shape index (κ3) is 7.58. The summed E-state index contributed by atoms with van der Waals surface area (Å²) in [5, 5.41) is 2.48. The summed E-state index contributed by atoms with van der Waals surface area (Å²) >= 11 is 1.57. The highest BCUT2D eigenvalue weighted by molar-refractivity contribution is 7.97. The first-order valence-electron chi connectivity index (χ1n) is 3.15. The van der Waals surface area contributed by atoms with Crippen molar-refractivity contribution in [2.24, 2.45) is 5.73 Å². The van der Waals surface area contributed by atoms with E-state index in [1.54, 1.807) is 11.9 Å². The van der Waals surface area contributed by atoms with Crippen LogP contribution in [-0.4, -0.2) is 24.9 Å². The van der Waals surface area contributed by atoms with Gasteiger partial charge in [-0.25, -0.2) is 4.79 Å². The minimum atomic E-state index is -0.461. The molecule has 4 nitrogen and oxygen atoms in total. The van der Waals surface area contributed by atoms with Gasteiger partial charge in [-0.05, 0) is 0 Å². The topological polar surface area (TPSA) is 67.2 Å². The summed E-state index contributed by atoms with van der Waals surface area (Å²) < 4.78 is 3.05. The maximum Gasteiger partial charge on any atom is 0.312 e. The molecular weight excluding hydrogens is 150 g/mol. The van der Waals surface area contributed by atoms with Crippen molar-refractivity contribution in [2.45, 2.75) is 6.92 Å². The number of carbonyl (C=O) groups excluding carboxylic acids is 1. The molecule has 60 valence electrons. The molecule has 10 heavy (non-hydrogen) atoms. The molecule has 4 N–H and O–H groups in total. The van der Waals surface area contributed by atoms with Crippen LogP contribution < -0.4 is 15.8 Å². The summed E-state index contributed by atoms with van der Waals surface area (Å²) in [5.74, 6) is 0.844. The van der Waals surface area contributed by atoms with Crippen LogP contribution in [0.4, 0.5) is 4.79 Å². The van der Waals surface area contributed by atoms with Gasteiger partial charge in [0.05, 0.1) is 0 Å². The number of amides is 2. The number of rotatable bonds is 5. The van der Waals surface area contributed by atoms with Gasteiger partial charge in [0, 0.05) is 18.8 Å². The van der Waals surface area contributed by atoms with E-state index in [-0.39, 0.29) is 0 Å². The predicted molar refractivity (Wildman–Crippen MR) is 43.7 cm³/mol. The van der Waals surface area contributed by atoms with Gasteiger partial charge in [0.15, 0.2) is 0 Å². The molecule has 0 aliphatic rings. The van der Waals surface area contributed by atoms with Gasteiger partial charge in [-0.3, -0.25) is 4.72 Å². The zero-order chi connectivity index (χ0) is 7.82. The fraction of sp³-hybridized carbons (Fsp3) is 0.800. The molecule has 5 heteroatoms. The van der Waals surface area contributed by atoms with E-state index in [9.17, 15) is 4.79 Å². The second kappa shape index (κ2) is 6.70. The van der Waals surface area contributed by atoms with Crippen LogP contribution in [0, 0.1) is 0 Å². The molecule has 0 rings (SSSR count). The van der Waals surface area contributed by atoms with E-state index >= 15 is 0 Å². The van der Waals surface area contributed by atoms with Crippen molar-refractivity contribution in [3.8, 4) is 0 Å². The first-order valence-corrected chi connectivity index (χ1v) is 4.14. The summed E-state index contributed by atoms with van der Waals surface area (Å²) in [6.07, 6.45) is 0. The fourth-order valence-electron chi connectivity index (χ4n) is 0.399. The molecule has 0 saturated carbocycles. The Kier molecular flexibility index (Phi) is 6.42. The Morgan fingerprint density at radius 2 is 2.40 bits per heavy atom. The molecule has 0 saturated heterocycles. The number of urea groups is 1. The lowest BCUT2D eigenvalue weighted by Crippen LogP contribution is -2.31. The molecule has 0 bridgehead atoms. The molecule has 0 aromatic rings. The lowest BCUT2D eigenvalue weighted by atomic mass is 10.7. The maximum atomic E-state index is 10.1. The van der Waals surface area contributed by atoms with Crippen LogP contribution in [0.2, 0.25) is 0 Å². The smallest absolute Gasteiger partial charge is 0.312 e. The molecule has 0 aromatic heterocycles. The van der Waals surface area contributed by atoms with Gasteiger partial charge in [-0.1, -0.05) is 18.9 Å². The molecule has 0 aliphatic carbocycles. The van der Waals surface area contributed by atoms with Gasteiger partial charge >= 0.3 is 6.03 Å². The lowest BCUT2D eigenvalue weighted by molar-refractivity contribution is 0.249. The second-order valence-corrected chi connectivity index (χ2v) is 2.62. The number of hydrogen-bond donors (Lipinski definition) is 3. The average Bonchev–Trinajstić information content (AvgIpc) is 1.87. The monoisotopic (exact) mass is 163 g/mol. The summed E-state index contributed by atoms with van der Waals surface area (Å²) in [5.41, 5.74) is 4.83. The molecule has 0 spiro atoms. The molecule has 0 atom stereocenters. The Morgan fingerprint density at radius 1 is 1.70 bits per heavy atom. The van der Waals surface area contributed by atoms with E-state index in [4.69, 9.17) is 5.73 Å². The van der Waals surface area contributed by atoms with Crippen molar-refractivity contribution in [1.82, 2.24) is 10.0 Å². The quantitative estimate of drug-likeness (QED) is 0.392. The summed E-state index contributed by atoms with van der Waals surface area (Å²) in [6.45, 7) is 3.57. The van der Waals surface area contributed by atoms with Gasteiger partial charge in [-0.2, -0.15) is 0 Å². The molecule has 0 heterocycles. The Hall–Kier alpha value is -0.420. The Balaban J connectivity index is 2.84. The fourth-order valence-corrected chi connectivity index (χ4v) is 0.952. The van der Waals surface area contributed by atoms with Crippen LogP contribution >= 0.6 is 11.9 Å². The highest BCUT2D eigenvalue weighted by atomic mass is 32.2. The third-order valence-electron chi connectivity index (χ3n) is 0.750. The third-order valence-corrected chi connectivity index (χ3v) is 1.65. The predicted octanol–water partition coefficient (Wildman–Crippen LogP) is -0.0876. The zero-order valence-corrected chi connectivity index (χ0v) is 6.83.